The molecule has 1 aliphatic heterocycles. The third-order valence-corrected chi connectivity index (χ3v) is 2.47. The van der Waals surface area contributed by atoms with E-state index >= 15 is 0 Å². The first kappa shape index (κ1) is 10.4. The second-order valence-electron chi connectivity index (χ2n) is 3.12. The molecule has 1 aliphatic rings. The second-order valence-corrected chi connectivity index (χ2v) is 4.19. The largest absolute Gasteiger partial charge is 0.368 e. The molecule has 2 rings (SSSR count). The molecule has 15 heavy (non-hydrogen) atoms. The third kappa shape index (κ3) is 2.13. The number of aromatic nitrogens is 3. The Morgan fingerprint density at radius 3 is 2.73 bits per heavy atom. The minimum atomic E-state index is -0.0864. The Bertz CT molecular complexity index is 394. The number of nitrogens with two attached hydrogens (primary N) is 1. The zero-order chi connectivity index (χ0) is 11.0. The first-order chi connectivity index (χ1) is 7.06. The molecule has 2 N–H and O–H groups in total. The van der Waals surface area contributed by atoms with Crippen LogP contribution in [0.3, 0.4) is 0 Å². The van der Waals surface area contributed by atoms with Gasteiger partial charge >= 0.3 is 0 Å². The van der Waals surface area contributed by atoms with E-state index in [1.807, 2.05) is 0 Å². The molecule has 0 aromatic carbocycles. The van der Waals surface area contributed by atoms with E-state index in [2.05, 4.69) is 27.6 Å². The Morgan fingerprint density at radius 2 is 2.20 bits per heavy atom. The number of hydrogen-bond acceptors (Lipinski definition) is 6. The predicted molar refractivity (Wildman–Crippen MR) is 59.0 cm³/mol. The van der Waals surface area contributed by atoms with Gasteiger partial charge in [-0.25, -0.2) is 0 Å². The molecule has 6 nitrogen and oxygen atoms in total. The van der Waals surface area contributed by atoms with Crippen LogP contribution < -0.4 is 10.6 Å². The van der Waals surface area contributed by atoms with Crippen molar-refractivity contribution >= 4 is 42.0 Å². The summed E-state index contributed by atoms with van der Waals surface area (Å²) in [7, 11) is 0. The molecule has 1 saturated heterocycles. The summed E-state index contributed by atoms with van der Waals surface area (Å²) in [5.41, 5.74) is 5.40. The highest BCUT2D eigenvalue weighted by molar-refractivity contribution is 7.81. The van der Waals surface area contributed by atoms with Gasteiger partial charge in [-0.3, -0.25) is 9.69 Å². The van der Waals surface area contributed by atoms with Gasteiger partial charge in [-0.15, -0.1) is 0 Å². The molecule has 1 aromatic rings. The van der Waals surface area contributed by atoms with E-state index in [9.17, 15) is 4.79 Å². The van der Waals surface area contributed by atoms with Crippen LogP contribution in [-0.2, 0) is 4.79 Å². The highest BCUT2D eigenvalue weighted by Gasteiger charge is 2.30. The number of nitrogens with zero attached hydrogens (tertiary/aromatic N) is 4. The molecule has 1 unspecified atom stereocenters. The number of amides is 1. The molecular weight excluding hydrogens is 238 g/mol. The second kappa shape index (κ2) is 3.82. The topological polar surface area (TPSA) is 85.0 Å². The highest BCUT2D eigenvalue weighted by Crippen LogP contribution is 2.21. The SMILES string of the molecule is Nc1nc(Cl)nc(N2CC(S)CC2=O)n1. The van der Waals surface area contributed by atoms with Crippen LogP contribution >= 0.6 is 24.2 Å². The fourth-order valence-corrected chi connectivity index (χ4v) is 1.84. The van der Waals surface area contributed by atoms with Crippen LogP contribution in [-0.4, -0.2) is 32.7 Å². The van der Waals surface area contributed by atoms with Crippen molar-refractivity contribution in [3.63, 3.8) is 0 Å². The van der Waals surface area contributed by atoms with Crippen molar-refractivity contribution in [1.29, 1.82) is 0 Å². The number of hydrogen-bond donors (Lipinski definition) is 2. The van der Waals surface area contributed by atoms with Crippen molar-refractivity contribution in [2.45, 2.75) is 11.7 Å². The lowest BCUT2D eigenvalue weighted by Crippen LogP contribution is -2.27. The molecule has 1 amide bonds. The number of nitrogen functional groups attached to an aromatic ring is 1. The Labute approximate surface area is 96.3 Å². The minimum absolute atomic E-state index is 0.000384. The average Bonchev–Trinajstić information content (AvgIpc) is 2.43. The Kier molecular flexibility index (Phi) is 2.66. The minimum Gasteiger partial charge on any atom is -0.368 e. The number of anilines is 2. The lowest BCUT2D eigenvalue weighted by atomic mass is 10.4. The molecule has 0 spiro atoms. The fraction of sp³-hybridized carbons (Fsp3) is 0.429. The summed E-state index contributed by atoms with van der Waals surface area (Å²) in [6, 6.07) is 0. The van der Waals surface area contributed by atoms with Gasteiger partial charge in [0.05, 0.1) is 0 Å². The van der Waals surface area contributed by atoms with Crippen molar-refractivity contribution in [3.8, 4) is 0 Å². The number of carbonyl (C=O) groups excluding carboxylic acids is 1. The number of halogens is 1. The van der Waals surface area contributed by atoms with E-state index < -0.39 is 0 Å². The van der Waals surface area contributed by atoms with Gasteiger partial charge in [-0.1, -0.05) is 0 Å². The summed E-state index contributed by atoms with van der Waals surface area (Å²) in [5, 5.41) is -0.0258. The smallest absolute Gasteiger partial charge is 0.238 e. The summed E-state index contributed by atoms with van der Waals surface area (Å²) >= 11 is 9.83. The molecule has 1 aromatic heterocycles. The van der Waals surface area contributed by atoms with E-state index in [1.165, 1.54) is 4.90 Å². The average molecular weight is 246 g/mol. The number of thiol groups is 1. The first-order valence-electron chi connectivity index (χ1n) is 4.22. The Morgan fingerprint density at radius 1 is 1.47 bits per heavy atom. The molecule has 2 heterocycles. The molecule has 80 valence electrons. The summed E-state index contributed by atoms with van der Waals surface area (Å²) in [6.45, 7) is 0.460. The van der Waals surface area contributed by atoms with Gasteiger partial charge in [0.2, 0.25) is 23.1 Å². The van der Waals surface area contributed by atoms with Crippen molar-refractivity contribution in [3.05, 3.63) is 5.28 Å². The van der Waals surface area contributed by atoms with Gasteiger partial charge in [0, 0.05) is 18.2 Å². The molecule has 1 fully saturated rings. The maximum absolute atomic E-state index is 11.5. The molecule has 1 atom stereocenters. The standard InChI is InChI=1S/C7H8ClN5OS/c8-5-10-6(9)12-7(11-5)13-2-3(15)1-4(13)14/h3,15H,1-2H2,(H2,9,10,11,12). The molecule has 0 radical (unpaired) electrons. The predicted octanol–water partition coefficient (Wildman–Crippen LogP) is 0.142. The lowest BCUT2D eigenvalue weighted by Gasteiger charge is -2.13. The van der Waals surface area contributed by atoms with Crippen LogP contribution in [0.4, 0.5) is 11.9 Å². The van der Waals surface area contributed by atoms with Crippen LogP contribution in [0.25, 0.3) is 0 Å². The third-order valence-electron chi connectivity index (χ3n) is 1.96. The summed E-state index contributed by atoms with van der Waals surface area (Å²) in [5.74, 6) is 0.103. The molecular formula is C7H8ClN5OS. The number of carbonyl (C=O) groups is 1. The first-order valence-corrected chi connectivity index (χ1v) is 5.11. The van der Waals surface area contributed by atoms with Crippen LogP contribution in [0, 0.1) is 0 Å². The van der Waals surface area contributed by atoms with E-state index in [-0.39, 0.29) is 28.3 Å². The van der Waals surface area contributed by atoms with E-state index in [1.54, 1.807) is 0 Å². The molecule has 0 aliphatic carbocycles. The maximum Gasteiger partial charge on any atom is 0.238 e. The Balaban J connectivity index is 2.33. The Hall–Kier alpha value is -1.08. The molecule has 0 saturated carbocycles. The summed E-state index contributed by atoms with van der Waals surface area (Å²) in [4.78, 5) is 24.2. The van der Waals surface area contributed by atoms with Gasteiger partial charge in [-0.05, 0) is 11.6 Å². The van der Waals surface area contributed by atoms with E-state index in [0.717, 1.165) is 0 Å². The fourth-order valence-electron chi connectivity index (χ4n) is 1.36. The van der Waals surface area contributed by atoms with Crippen molar-refractivity contribution in [2.24, 2.45) is 0 Å². The summed E-state index contributed by atoms with van der Waals surface area (Å²) < 4.78 is 0. The lowest BCUT2D eigenvalue weighted by molar-refractivity contribution is -0.117. The maximum atomic E-state index is 11.5. The van der Waals surface area contributed by atoms with Crippen molar-refractivity contribution < 1.29 is 4.79 Å². The monoisotopic (exact) mass is 245 g/mol. The highest BCUT2D eigenvalue weighted by atomic mass is 35.5. The molecule has 0 bridgehead atoms. The van der Waals surface area contributed by atoms with Crippen LogP contribution in [0.15, 0.2) is 0 Å². The van der Waals surface area contributed by atoms with Crippen LogP contribution in [0.5, 0.6) is 0 Å². The van der Waals surface area contributed by atoms with Crippen LogP contribution in [0.2, 0.25) is 5.28 Å². The van der Waals surface area contributed by atoms with E-state index in [0.29, 0.717) is 13.0 Å². The zero-order valence-corrected chi connectivity index (χ0v) is 9.24. The van der Waals surface area contributed by atoms with Gasteiger partial charge in [0.25, 0.3) is 0 Å². The van der Waals surface area contributed by atoms with Crippen molar-refractivity contribution in [1.82, 2.24) is 15.0 Å². The van der Waals surface area contributed by atoms with Gasteiger partial charge in [0.15, 0.2) is 0 Å². The van der Waals surface area contributed by atoms with Gasteiger partial charge in [0.1, 0.15) is 0 Å². The molecule has 8 heteroatoms. The normalized spacial score (nSPS) is 21.1. The van der Waals surface area contributed by atoms with Gasteiger partial charge in [-0.2, -0.15) is 27.6 Å². The number of rotatable bonds is 1. The summed E-state index contributed by atoms with van der Waals surface area (Å²) in [6.07, 6.45) is 0.367. The zero-order valence-electron chi connectivity index (χ0n) is 7.59. The van der Waals surface area contributed by atoms with Gasteiger partial charge < -0.3 is 5.73 Å². The van der Waals surface area contributed by atoms with Crippen molar-refractivity contribution in [2.75, 3.05) is 17.2 Å². The quantitative estimate of drug-likeness (QED) is 0.688. The van der Waals surface area contributed by atoms with Crippen LogP contribution in [0.1, 0.15) is 6.42 Å². The van der Waals surface area contributed by atoms with E-state index in [4.69, 9.17) is 17.3 Å².